The van der Waals surface area contributed by atoms with Gasteiger partial charge in [0.1, 0.15) is 0 Å². The van der Waals surface area contributed by atoms with Crippen molar-refractivity contribution in [3.05, 3.63) is 21.2 Å². The summed E-state index contributed by atoms with van der Waals surface area (Å²) in [7, 11) is 0.341. The molecule has 2 atom stereocenters. The van der Waals surface area contributed by atoms with Crippen LogP contribution in [0.2, 0.25) is 37.3 Å². The molecule has 26 heavy (non-hydrogen) atoms. The molecular formula is C20H45N3Si2Zr. The Bertz CT molecular complexity index is 365. The van der Waals surface area contributed by atoms with Crippen LogP contribution in [0.4, 0.5) is 0 Å². The van der Waals surface area contributed by atoms with Crippen molar-refractivity contribution in [2.75, 3.05) is 14.1 Å². The molecule has 0 saturated heterocycles. The summed E-state index contributed by atoms with van der Waals surface area (Å²) in [5.74, 6) is 1.73. The third-order valence-corrected chi connectivity index (χ3v) is 12.2. The minimum Gasteiger partial charge on any atom is -0.668 e. The topological polar surface area (TPSA) is 42.3 Å². The third-order valence-electron chi connectivity index (χ3n) is 4.80. The van der Waals surface area contributed by atoms with Gasteiger partial charge in [0, 0.05) is 0 Å². The van der Waals surface area contributed by atoms with Crippen molar-refractivity contribution in [3.63, 3.8) is 0 Å². The number of hydrogen-bond donors (Lipinski definition) is 0. The van der Waals surface area contributed by atoms with Gasteiger partial charge in [-0.3, -0.25) is 0 Å². The fourth-order valence-corrected chi connectivity index (χ4v) is 13.1. The Morgan fingerprint density at radius 3 is 1.15 bits per heavy atom. The zero-order valence-electron chi connectivity index (χ0n) is 19.9. The first-order valence-corrected chi connectivity index (χ1v) is 15.8. The number of rotatable bonds is 4. The average Bonchev–Trinajstić information content (AvgIpc) is 2.66. The Morgan fingerprint density at radius 2 is 0.962 bits per heavy atom. The molecule has 152 valence electrons. The van der Waals surface area contributed by atoms with Crippen molar-refractivity contribution in [1.82, 2.24) is 0 Å². The molecule has 6 heteroatoms. The largest absolute Gasteiger partial charge is 4.00 e. The minimum absolute atomic E-state index is 0. The second-order valence-corrected chi connectivity index (χ2v) is 19.2. The first kappa shape index (κ1) is 29.4. The van der Waals surface area contributed by atoms with Crippen LogP contribution in [0.15, 0.2) is 0 Å². The predicted octanol–water partition coefficient (Wildman–Crippen LogP) is 7.49. The molecule has 0 spiro atoms. The van der Waals surface area contributed by atoms with Crippen molar-refractivity contribution in [3.8, 4) is 0 Å². The van der Waals surface area contributed by atoms with Gasteiger partial charge in [0.2, 0.25) is 0 Å². The van der Waals surface area contributed by atoms with Gasteiger partial charge >= 0.3 is 26.2 Å². The molecule has 0 aromatic carbocycles. The minimum atomic E-state index is -1.58. The van der Waals surface area contributed by atoms with Crippen LogP contribution in [0, 0.1) is 5.92 Å². The van der Waals surface area contributed by atoms with Gasteiger partial charge in [0.25, 0.3) is 0 Å². The first-order chi connectivity index (χ1) is 11.0. The molecule has 0 aromatic rings. The molecule has 0 bridgehead atoms. The molecule has 1 saturated carbocycles. The van der Waals surface area contributed by atoms with Gasteiger partial charge in [0.15, 0.2) is 0 Å². The fraction of sp³-hybridized carbons (Fsp3) is 0.950. The molecule has 0 amide bonds. The van der Waals surface area contributed by atoms with Crippen LogP contribution in [0.25, 0.3) is 15.3 Å². The summed E-state index contributed by atoms with van der Waals surface area (Å²) in [6.07, 6.45) is 2.68. The van der Waals surface area contributed by atoms with Crippen LogP contribution in [-0.4, -0.2) is 41.6 Å². The van der Waals surface area contributed by atoms with E-state index in [1.807, 2.05) is 0 Å². The molecule has 1 fully saturated rings. The molecule has 0 heterocycles. The second kappa shape index (κ2) is 10.8. The molecule has 0 radical (unpaired) electrons. The van der Waals surface area contributed by atoms with Crippen LogP contribution < -0.4 is 0 Å². The SMILES string of the molecule is C[C-]1C([Si](C)(C)[N-]C(C)(C)C)CCC1[Si](C)(C)[N-]C(C)(C)C.C[N-]C.[Zr+4]. The summed E-state index contributed by atoms with van der Waals surface area (Å²) in [6.45, 7) is 25.8. The van der Waals surface area contributed by atoms with E-state index in [0.717, 1.165) is 11.1 Å². The zero-order valence-corrected chi connectivity index (χ0v) is 24.4. The Kier molecular flexibility index (Phi) is 12.2. The van der Waals surface area contributed by atoms with E-state index in [-0.39, 0.29) is 37.3 Å². The van der Waals surface area contributed by atoms with Gasteiger partial charge in [-0.2, -0.15) is 32.1 Å². The summed E-state index contributed by atoms with van der Waals surface area (Å²) < 4.78 is 0. The van der Waals surface area contributed by atoms with E-state index in [1.165, 1.54) is 12.8 Å². The Morgan fingerprint density at radius 1 is 0.731 bits per heavy atom. The van der Waals surface area contributed by atoms with Crippen molar-refractivity contribution in [1.29, 1.82) is 0 Å². The van der Waals surface area contributed by atoms with Gasteiger partial charge in [-0.15, -0.1) is 11.1 Å². The number of nitrogens with zero attached hydrogens (tertiary/aromatic N) is 3. The van der Waals surface area contributed by atoms with Gasteiger partial charge in [-0.25, -0.2) is 0 Å². The van der Waals surface area contributed by atoms with E-state index in [9.17, 15) is 0 Å². The zero-order chi connectivity index (χ0) is 20.3. The van der Waals surface area contributed by atoms with E-state index < -0.39 is 16.5 Å². The first-order valence-electron chi connectivity index (χ1n) is 9.76. The average molecular weight is 475 g/mol. The summed E-state index contributed by atoms with van der Waals surface area (Å²) in [4.78, 5) is 10.5. The smallest absolute Gasteiger partial charge is 0.668 e. The van der Waals surface area contributed by atoms with Crippen LogP contribution in [0.3, 0.4) is 0 Å². The molecule has 1 rings (SSSR count). The van der Waals surface area contributed by atoms with Crippen LogP contribution in [-0.2, 0) is 26.2 Å². The van der Waals surface area contributed by atoms with Crippen molar-refractivity contribution < 1.29 is 26.2 Å². The third kappa shape index (κ3) is 10.1. The summed E-state index contributed by atoms with van der Waals surface area (Å²) in [5.41, 5.74) is 1.69. The Balaban J connectivity index is 0. The monoisotopic (exact) mass is 473 g/mol. The maximum Gasteiger partial charge on any atom is 4.00 e. The van der Waals surface area contributed by atoms with Gasteiger partial charge < -0.3 is 21.2 Å². The van der Waals surface area contributed by atoms with Crippen LogP contribution >= 0.6 is 0 Å². The van der Waals surface area contributed by atoms with Crippen LogP contribution in [0.1, 0.15) is 61.3 Å². The van der Waals surface area contributed by atoms with E-state index in [2.05, 4.69) is 80.0 Å². The molecule has 1 aliphatic carbocycles. The molecule has 3 nitrogen and oxygen atoms in total. The maximum absolute atomic E-state index is 5.27. The van der Waals surface area contributed by atoms with E-state index in [0.29, 0.717) is 0 Å². The standard InChI is InChI=1S/C18H39N2Si2.C2H6N.Zr/c1-14-15(21(8,9)19-17(2,3)4)12-13-16(14)22(10,11)20-18(5,6)7;1-3-2;/h15-16H,12-13H2,1-11H3;1-2H3;/q-3;-1;+4. The van der Waals surface area contributed by atoms with Gasteiger partial charge in [-0.1, -0.05) is 97.0 Å². The summed E-state index contributed by atoms with van der Waals surface area (Å²) in [6, 6.07) is 0. The Labute approximate surface area is 186 Å². The van der Waals surface area contributed by atoms with E-state index in [4.69, 9.17) is 9.96 Å². The molecule has 0 N–H and O–H groups in total. The maximum atomic E-state index is 5.27. The van der Waals surface area contributed by atoms with Crippen LogP contribution in [0.5, 0.6) is 0 Å². The summed E-state index contributed by atoms with van der Waals surface area (Å²) >= 11 is 0. The van der Waals surface area contributed by atoms with E-state index >= 15 is 0 Å². The fourth-order valence-electron chi connectivity index (χ4n) is 4.74. The normalized spacial score (nSPS) is 22.5. The molecule has 0 aliphatic heterocycles. The van der Waals surface area contributed by atoms with Gasteiger partial charge in [0.05, 0.1) is 0 Å². The second-order valence-electron chi connectivity index (χ2n) is 10.7. The number of hydrogen-bond acceptors (Lipinski definition) is 0. The molecule has 1 aliphatic rings. The molecular weight excluding hydrogens is 430 g/mol. The quantitative estimate of drug-likeness (QED) is 0.299. The van der Waals surface area contributed by atoms with Crippen molar-refractivity contribution in [2.24, 2.45) is 0 Å². The summed E-state index contributed by atoms with van der Waals surface area (Å²) in [5, 5.41) is 3.50. The predicted molar refractivity (Wildman–Crippen MR) is 122 cm³/mol. The Hall–Kier alpha value is 1.20. The molecule has 2 unspecified atom stereocenters. The van der Waals surface area contributed by atoms with E-state index in [1.54, 1.807) is 20.0 Å². The van der Waals surface area contributed by atoms with Crippen molar-refractivity contribution in [2.45, 2.75) is 110 Å². The van der Waals surface area contributed by atoms with Crippen molar-refractivity contribution >= 4 is 16.5 Å². The van der Waals surface area contributed by atoms with Gasteiger partial charge in [-0.05, 0) is 0 Å². The molecule has 0 aromatic heterocycles.